The highest BCUT2D eigenvalue weighted by molar-refractivity contribution is 7.99. The quantitative estimate of drug-likeness (QED) is 0.409. The summed E-state index contributed by atoms with van der Waals surface area (Å²) in [5.74, 6) is 0.415. The third kappa shape index (κ3) is 4.97. The van der Waals surface area contributed by atoms with Crippen LogP contribution in [0, 0.1) is 12.7 Å². The number of anilines is 1. The summed E-state index contributed by atoms with van der Waals surface area (Å²) in [6.45, 7) is 4.74. The summed E-state index contributed by atoms with van der Waals surface area (Å²) < 4.78 is 15.1. The molecule has 31 heavy (non-hydrogen) atoms. The number of rotatable bonds is 7. The van der Waals surface area contributed by atoms with E-state index in [1.807, 2.05) is 36.6 Å². The number of aryl methyl sites for hydroxylation is 1. The highest BCUT2D eigenvalue weighted by Gasteiger charge is 2.16. The van der Waals surface area contributed by atoms with Gasteiger partial charge in [-0.15, -0.1) is 20.4 Å². The maximum Gasteiger partial charge on any atom is 0.236 e. The van der Waals surface area contributed by atoms with Gasteiger partial charge in [0.05, 0.1) is 5.75 Å². The summed E-state index contributed by atoms with van der Waals surface area (Å²) in [5, 5.41) is 21.1. The Morgan fingerprint density at radius 3 is 2.65 bits per heavy atom. The molecule has 0 saturated heterocycles. The van der Waals surface area contributed by atoms with Crippen molar-refractivity contribution in [1.29, 1.82) is 0 Å². The fraction of sp³-hybridized carbons (Fsp3) is 0.190. The second-order valence-corrected chi connectivity index (χ2v) is 8.60. The molecule has 10 heteroatoms. The summed E-state index contributed by atoms with van der Waals surface area (Å²) >= 11 is 2.55. The molecule has 1 N–H and O–H groups in total. The molecule has 0 spiro atoms. The third-order valence-electron chi connectivity index (χ3n) is 4.40. The Morgan fingerprint density at radius 1 is 1.10 bits per heavy atom. The van der Waals surface area contributed by atoms with E-state index in [0.29, 0.717) is 21.8 Å². The second kappa shape index (κ2) is 9.36. The predicted octanol–water partition coefficient (Wildman–Crippen LogP) is 4.66. The van der Waals surface area contributed by atoms with Gasteiger partial charge >= 0.3 is 0 Å². The summed E-state index contributed by atoms with van der Waals surface area (Å²) in [4.78, 5) is 12.4. The molecule has 0 aliphatic rings. The average molecular weight is 455 g/mol. The van der Waals surface area contributed by atoms with E-state index in [4.69, 9.17) is 0 Å². The summed E-state index contributed by atoms with van der Waals surface area (Å²) in [5.41, 5.74) is 2.88. The molecule has 2 heterocycles. The molecule has 1 amide bonds. The van der Waals surface area contributed by atoms with Crippen LogP contribution in [0.5, 0.6) is 0 Å². The third-order valence-corrected chi connectivity index (χ3v) is 6.26. The lowest BCUT2D eigenvalue weighted by Gasteiger charge is -2.07. The van der Waals surface area contributed by atoms with E-state index >= 15 is 0 Å². The number of benzene rings is 2. The molecule has 0 aliphatic carbocycles. The van der Waals surface area contributed by atoms with Crippen molar-refractivity contribution in [1.82, 2.24) is 25.0 Å². The normalized spacial score (nSPS) is 10.9. The zero-order valence-electron chi connectivity index (χ0n) is 16.9. The van der Waals surface area contributed by atoms with Gasteiger partial charge in [-0.05, 0) is 44.2 Å². The lowest BCUT2D eigenvalue weighted by atomic mass is 10.1. The first-order valence-electron chi connectivity index (χ1n) is 9.56. The molecule has 0 aliphatic heterocycles. The van der Waals surface area contributed by atoms with Gasteiger partial charge in [-0.1, -0.05) is 46.9 Å². The number of hydrogen-bond acceptors (Lipinski definition) is 7. The van der Waals surface area contributed by atoms with Crippen molar-refractivity contribution >= 4 is 34.1 Å². The van der Waals surface area contributed by atoms with Gasteiger partial charge in [0, 0.05) is 17.7 Å². The number of carbonyl (C=O) groups excluding carboxylic acids is 1. The van der Waals surface area contributed by atoms with Gasteiger partial charge < -0.3 is 4.57 Å². The molecule has 158 valence electrons. The summed E-state index contributed by atoms with van der Waals surface area (Å²) in [6.07, 6.45) is 0. The zero-order valence-corrected chi connectivity index (χ0v) is 18.5. The molecular weight excluding hydrogens is 435 g/mol. The largest absolute Gasteiger partial charge is 0.302 e. The minimum Gasteiger partial charge on any atom is -0.302 e. The monoisotopic (exact) mass is 454 g/mol. The van der Waals surface area contributed by atoms with E-state index in [1.165, 1.54) is 35.2 Å². The Labute approximate surface area is 186 Å². The molecule has 4 rings (SSSR count). The smallest absolute Gasteiger partial charge is 0.236 e. The number of amides is 1. The van der Waals surface area contributed by atoms with E-state index in [2.05, 4.69) is 31.8 Å². The number of thioether (sulfide) groups is 1. The van der Waals surface area contributed by atoms with Gasteiger partial charge in [0.15, 0.2) is 11.0 Å². The van der Waals surface area contributed by atoms with Gasteiger partial charge in [-0.25, -0.2) is 4.39 Å². The van der Waals surface area contributed by atoms with Crippen LogP contribution in [-0.4, -0.2) is 36.6 Å². The Hall–Kier alpha value is -3.11. The summed E-state index contributed by atoms with van der Waals surface area (Å²) in [6, 6.07) is 14.1. The first-order chi connectivity index (χ1) is 15.0. The molecule has 0 bridgehead atoms. The molecule has 0 unspecified atom stereocenters. The number of nitrogens with zero attached hydrogens (tertiary/aromatic N) is 5. The minimum atomic E-state index is -0.315. The molecule has 7 nitrogen and oxygen atoms in total. The number of nitrogens with one attached hydrogen (secondary N) is 1. The van der Waals surface area contributed by atoms with Crippen molar-refractivity contribution in [3.8, 4) is 22.0 Å². The average Bonchev–Trinajstić information content (AvgIpc) is 3.39. The Kier molecular flexibility index (Phi) is 6.38. The molecule has 0 fully saturated rings. The van der Waals surface area contributed by atoms with Crippen molar-refractivity contribution < 1.29 is 9.18 Å². The first kappa shape index (κ1) is 21.1. The lowest BCUT2D eigenvalue weighted by molar-refractivity contribution is -0.113. The van der Waals surface area contributed by atoms with Crippen LogP contribution in [0.2, 0.25) is 0 Å². The standard InChI is InChI=1S/C21H19FN6OS2/c1-3-28-18(15-6-4-5-13(2)11-15)24-27-21(28)30-12-17(29)23-20-26-25-19(31-20)14-7-9-16(22)10-8-14/h4-11H,3,12H2,1-2H3,(H,23,26,29). The predicted molar refractivity (Wildman–Crippen MR) is 121 cm³/mol. The van der Waals surface area contributed by atoms with Gasteiger partial charge in [0.25, 0.3) is 0 Å². The van der Waals surface area contributed by atoms with Crippen molar-refractivity contribution in [3.05, 3.63) is 59.9 Å². The van der Waals surface area contributed by atoms with E-state index < -0.39 is 0 Å². The van der Waals surface area contributed by atoms with Gasteiger partial charge in [-0.3, -0.25) is 10.1 Å². The highest BCUT2D eigenvalue weighted by atomic mass is 32.2. The van der Waals surface area contributed by atoms with Crippen molar-refractivity contribution in [3.63, 3.8) is 0 Å². The van der Waals surface area contributed by atoms with Crippen LogP contribution in [0.25, 0.3) is 22.0 Å². The van der Waals surface area contributed by atoms with E-state index in [9.17, 15) is 9.18 Å². The van der Waals surface area contributed by atoms with Crippen molar-refractivity contribution in [2.24, 2.45) is 0 Å². The maximum atomic E-state index is 13.1. The first-order valence-corrected chi connectivity index (χ1v) is 11.4. The fourth-order valence-electron chi connectivity index (χ4n) is 2.95. The van der Waals surface area contributed by atoms with Crippen LogP contribution in [0.15, 0.2) is 53.7 Å². The molecular formula is C21H19FN6OS2. The summed E-state index contributed by atoms with van der Waals surface area (Å²) in [7, 11) is 0. The molecule has 2 aromatic carbocycles. The topological polar surface area (TPSA) is 85.6 Å². The van der Waals surface area contributed by atoms with Crippen molar-refractivity contribution in [2.45, 2.75) is 25.5 Å². The highest BCUT2D eigenvalue weighted by Crippen LogP contribution is 2.27. The maximum absolute atomic E-state index is 13.1. The second-order valence-electron chi connectivity index (χ2n) is 6.68. The lowest BCUT2D eigenvalue weighted by Crippen LogP contribution is -2.14. The van der Waals surface area contributed by atoms with E-state index in [-0.39, 0.29) is 17.5 Å². The van der Waals surface area contributed by atoms with E-state index in [0.717, 1.165) is 22.5 Å². The van der Waals surface area contributed by atoms with Gasteiger partial charge in [-0.2, -0.15) is 0 Å². The van der Waals surface area contributed by atoms with Crippen LogP contribution in [0.1, 0.15) is 12.5 Å². The Morgan fingerprint density at radius 2 is 1.90 bits per heavy atom. The number of halogens is 1. The van der Waals surface area contributed by atoms with Crippen LogP contribution < -0.4 is 5.32 Å². The molecule has 4 aromatic rings. The van der Waals surface area contributed by atoms with Crippen LogP contribution in [0.3, 0.4) is 0 Å². The number of hydrogen-bond donors (Lipinski definition) is 1. The number of carbonyl (C=O) groups is 1. The van der Waals surface area contributed by atoms with Gasteiger partial charge in [0.1, 0.15) is 10.8 Å². The van der Waals surface area contributed by atoms with E-state index in [1.54, 1.807) is 12.1 Å². The molecule has 2 aromatic heterocycles. The van der Waals surface area contributed by atoms with Crippen molar-refractivity contribution in [2.75, 3.05) is 11.1 Å². The van der Waals surface area contributed by atoms with Crippen LogP contribution in [-0.2, 0) is 11.3 Å². The Bertz CT molecular complexity index is 1200. The number of aromatic nitrogens is 5. The molecule has 0 atom stereocenters. The SMILES string of the molecule is CCn1c(SCC(=O)Nc2nnc(-c3ccc(F)cc3)s2)nnc1-c1cccc(C)c1. The Balaban J connectivity index is 1.40. The van der Waals surface area contributed by atoms with Gasteiger partial charge in [0.2, 0.25) is 11.0 Å². The molecule has 0 radical (unpaired) electrons. The fourth-order valence-corrected chi connectivity index (χ4v) is 4.51. The molecule has 0 saturated carbocycles. The zero-order chi connectivity index (χ0) is 21.8. The van der Waals surface area contributed by atoms with Crippen LogP contribution in [0.4, 0.5) is 9.52 Å². The van der Waals surface area contributed by atoms with Crippen LogP contribution >= 0.6 is 23.1 Å². The minimum absolute atomic E-state index is 0.164.